The van der Waals surface area contributed by atoms with E-state index in [4.69, 9.17) is 44.9 Å². The zero-order chi connectivity index (χ0) is 36.8. The SMILES string of the molecule is CC1(C)N=C(c2cccc(-c3nc(-c4cccc(C5=NC(C)(C)C(C)(C)S5)n4)nc(-c4cccc(C5=NC(C)(C)C(C)(C)S5)n4)n3)n2)SC1(C)C. The molecule has 0 spiro atoms. The van der Waals surface area contributed by atoms with Crippen molar-refractivity contribution < 1.29 is 0 Å². The van der Waals surface area contributed by atoms with Crippen LogP contribution in [0.4, 0.5) is 0 Å². The topological polar surface area (TPSA) is 114 Å². The van der Waals surface area contributed by atoms with Crippen molar-refractivity contribution in [2.75, 3.05) is 0 Å². The van der Waals surface area contributed by atoms with Crippen molar-refractivity contribution >= 4 is 50.4 Å². The van der Waals surface area contributed by atoms with Gasteiger partial charge in [-0.1, -0.05) is 53.5 Å². The third kappa shape index (κ3) is 6.45. The van der Waals surface area contributed by atoms with Crippen LogP contribution in [-0.4, -0.2) is 75.9 Å². The van der Waals surface area contributed by atoms with Gasteiger partial charge in [0.1, 0.15) is 32.2 Å². The van der Waals surface area contributed by atoms with Crippen molar-refractivity contribution in [1.82, 2.24) is 29.9 Å². The Hall–Kier alpha value is -3.48. The molecule has 4 aromatic heterocycles. The van der Waals surface area contributed by atoms with Gasteiger partial charge in [0.25, 0.3) is 0 Å². The molecular formula is C39H45N9S3. The van der Waals surface area contributed by atoms with Crippen LogP contribution in [0.2, 0.25) is 0 Å². The predicted molar refractivity (Wildman–Crippen MR) is 216 cm³/mol. The second kappa shape index (κ2) is 12.0. The highest BCUT2D eigenvalue weighted by atomic mass is 32.2. The molecule has 0 fully saturated rings. The first-order valence-electron chi connectivity index (χ1n) is 17.2. The van der Waals surface area contributed by atoms with Crippen molar-refractivity contribution in [1.29, 1.82) is 0 Å². The monoisotopic (exact) mass is 735 g/mol. The summed E-state index contributed by atoms with van der Waals surface area (Å²) in [6.07, 6.45) is 0. The van der Waals surface area contributed by atoms with Gasteiger partial charge in [-0.2, -0.15) is 0 Å². The van der Waals surface area contributed by atoms with Crippen molar-refractivity contribution in [3.63, 3.8) is 0 Å². The van der Waals surface area contributed by atoms with Gasteiger partial charge in [0, 0.05) is 14.2 Å². The van der Waals surface area contributed by atoms with Gasteiger partial charge in [-0.25, -0.2) is 29.9 Å². The Bertz CT molecular complexity index is 1910. The van der Waals surface area contributed by atoms with Gasteiger partial charge in [0.2, 0.25) is 0 Å². The van der Waals surface area contributed by atoms with Gasteiger partial charge in [-0.3, -0.25) is 15.0 Å². The van der Waals surface area contributed by atoms with Crippen molar-refractivity contribution in [3.05, 3.63) is 71.7 Å². The Morgan fingerprint density at radius 2 is 0.569 bits per heavy atom. The number of aliphatic imine (C=N–C) groups is 3. The van der Waals surface area contributed by atoms with E-state index in [1.54, 1.807) is 35.3 Å². The van der Waals surface area contributed by atoms with E-state index in [0.29, 0.717) is 34.6 Å². The van der Waals surface area contributed by atoms with Gasteiger partial charge >= 0.3 is 0 Å². The second-order valence-electron chi connectivity index (χ2n) is 16.3. The first-order valence-corrected chi connectivity index (χ1v) is 19.7. The number of aromatic nitrogens is 6. The van der Waals surface area contributed by atoms with Crippen LogP contribution in [0.15, 0.2) is 69.6 Å². The molecular weight excluding hydrogens is 691 g/mol. The van der Waals surface area contributed by atoms with Crippen LogP contribution in [0.5, 0.6) is 0 Å². The zero-order valence-corrected chi connectivity index (χ0v) is 33.9. The fourth-order valence-electron chi connectivity index (χ4n) is 5.42. The molecule has 264 valence electrons. The van der Waals surface area contributed by atoms with E-state index in [9.17, 15) is 0 Å². The average molecular weight is 736 g/mol. The van der Waals surface area contributed by atoms with E-state index < -0.39 is 0 Å². The van der Waals surface area contributed by atoms with E-state index in [1.807, 2.05) is 54.6 Å². The van der Waals surface area contributed by atoms with E-state index in [1.165, 1.54) is 0 Å². The Labute approximate surface area is 314 Å². The number of thioether (sulfide) groups is 3. The Morgan fingerprint density at radius 3 is 0.784 bits per heavy atom. The maximum absolute atomic E-state index is 5.06. The maximum Gasteiger partial charge on any atom is 0.182 e. The fraction of sp³-hybridized carbons (Fsp3) is 0.462. The molecule has 51 heavy (non-hydrogen) atoms. The molecule has 7 rings (SSSR count). The average Bonchev–Trinajstić information content (AvgIpc) is 3.54. The summed E-state index contributed by atoms with van der Waals surface area (Å²) >= 11 is 5.24. The summed E-state index contributed by atoms with van der Waals surface area (Å²) in [5, 5.41) is 2.73. The highest BCUT2D eigenvalue weighted by Gasteiger charge is 2.46. The van der Waals surface area contributed by atoms with Crippen LogP contribution in [-0.2, 0) is 0 Å². The normalized spacial score (nSPS) is 22.0. The quantitative estimate of drug-likeness (QED) is 0.191. The minimum atomic E-state index is -0.232. The van der Waals surface area contributed by atoms with Crippen molar-refractivity contribution in [2.24, 2.45) is 15.0 Å². The number of hydrogen-bond acceptors (Lipinski definition) is 12. The lowest BCUT2D eigenvalue weighted by Crippen LogP contribution is -2.36. The van der Waals surface area contributed by atoms with E-state index >= 15 is 0 Å². The molecule has 0 amide bonds. The van der Waals surface area contributed by atoms with Crippen LogP contribution in [0, 0.1) is 0 Å². The summed E-state index contributed by atoms with van der Waals surface area (Å²) in [7, 11) is 0. The third-order valence-electron chi connectivity index (χ3n) is 10.8. The summed E-state index contributed by atoms with van der Waals surface area (Å²) in [5.41, 5.74) is 3.55. The standard InChI is InChI=1S/C39H45N9S3/c1-34(2)37(7,8)49-31(46-34)25-19-13-16-22(40-25)28-43-29(23-17-14-20-26(41-23)32-47-35(3,4)38(9,10)50-32)45-30(44-28)24-18-15-21-27(42-24)33-48-36(5,6)39(11,12)51-33/h13-21H,1-12H3. The highest BCUT2D eigenvalue weighted by molar-refractivity contribution is 8.16. The summed E-state index contributed by atoms with van der Waals surface area (Å²) in [6.45, 7) is 26.3. The second-order valence-corrected chi connectivity index (χ2v) is 21.1. The smallest absolute Gasteiger partial charge is 0.182 e. The summed E-state index contributed by atoms with van der Waals surface area (Å²) < 4.78 is -0.210. The molecule has 0 radical (unpaired) electrons. The molecule has 9 nitrogen and oxygen atoms in total. The van der Waals surface area contributed by atoms with Crippen molar-refractivity contribution in [3.8, 4) is 34.6 Å². The highest BCUT2D eigenvalue weighted by Crippen LogP contribution is 2.48. The zero-order valence-electron chi connectivity index (χ0n) is 31.4. The maximum atomic E-state index is 5.06. The molecule has 4 aromatic rings. The van der Waals surface area contributed by atoms with Gasteiger partial charge in [0.05, 0.1) is 33.7 Å². The largest absolute Gasteiger partial charge is 0.269 e. The lowest BCUT2D eigenvalue weighted by Gasteiger charge is -2.30. The van der Waals surface area contributed by atoms with Crippen LogP contribution < -0.4 is 0 Å². The Balaban J connectivity index is 1.35. The van der Waals surface area contributed by atoms with Gasteiger partial charge < -0.3 is 0 Å². The van der Waals surface area contributed by atoms with Crippen LogP contribution in [0.25, 0.3) is 34.6 Å². The minimum Gasteiger partial charge on any atom is -0.269 e. The minimum absolute atomic E-state index is 0.0699. The van der Waals surface area contributed by atoms with E-state index in [2.05, 4.69) is 83.1 Å². The third-order valence-corrected chi connectivity index (χ3v) is 15.4. The Morgan fingerprint density at radius 1 is 0.333 bits per heavy atom. The molecule has 3 aliphatic rings. The number of hydrogen-bond donors (Lipinski definition) is 0. The molecule has 0 saturated carbocycles. The molecule has 0 unspecified atom stereocenters. The predicted octanol–water partition coefficient (Wildman–Crippen LogP) is 9.21. The molecule has 0 aromatic carbocycles. The molecule has 7 heterocycles. The first kappa shape index (κ1) is 35.9. The van der Waals surface area contributed by atoms with Gasteiger partial charge in [-0.15, -0.1) is 0 Å². The van der Waals surface area contributed by atoms with E-state index in [-0.39, 0.29) is 30.9 Å². The molecule has 0 saturated heterocycles. The number of rotatable bonds is 6. The summed E-state index contributed by atoms with van der Waals surface area (Å²) in [4.78, 5) is 45.3. The number of nitrogens with zero attached hydrogens (tertiary/aromatic N) is 9. The fourth-order valence-corrected chi connectivity index (χ4v) is 9.23. The molecule has 0 aliphatic carbocycles. The Kier molecular flexibility index (Phi) is 8.47. The van der Waals surface area contributed by atoms with Crippen LogP contribution >= 0.6 is 35.3 Å². The summed E-state index contributed by atoms with van der Waals surface area (Å²) in [5.74, 6) is 1.30. The molecule has 3 aliphatic heterocycles. The van der Waals surface area contributed by atoms with Crippen LogP contribution in [0.3, 0.4) is 0 Å². The molecule has 0 N–H and O–H groups in total. The lowest BCUT2D eigenvalue weighted by molar-refractivity contribution is 0.426. The first-order chi connectivity index (χ1) is 23.7. The molecule has 12 heteroatoms. The molecule has 0 atom stereocenters. The lowest BCUT2D eigenvalue weighted by atomic mass is 9.91. The van der Waals surface area contributed by atoms with Gasteiger partial charge in [0.15, 0.2) is 17.5 Å². The number of pyridine rings is 3. The van der Waals surface area contributed by atoms with Crippen molar-refractivity contribution in [2.45, 2.75) is 114 Å². The van der Waals surface area contributed by atoms with E-state index in [0.717, 1.165) is 32.2 Å². The summed E-state index contributed by atoms with van der Waals surface area (Å²) in [6, 6.07) is 17.7. The van der Waals surface area contributed by atoms with Gasteiger partial charge in [-0.05, 0) is 119 Å². The molecule has 0 bridgehead atoms. The van der Waals surface area contributed by atoms with Crippen LogP contribution in [0.1, 0.15) is 100 Å².